The van der Waals surface area contributed by atoms with E-state index in [1.165, 1.54) is 0 Å². The molecule has 31 heavy (non-hydrogen) atoms. The van der Waals surface area contributed by atoms with Crippen LogP contribution in [0, 0.1) is 11.3 Å². The Kier molecular flexibility index (Phi) is 7.39. The number of primary amides is 1. The molecule has 2 N–H and O–H groups in total. The van der Waals surface area contributed by atoms with E-state index in [0.29, 0.717) is 23.4 Å². The van der Waals surface area contributed by atoms with Gasteiger partial charge in [-0.05, 0) is 29.8 Å². The summed E-state index contributed by atoms with van der Waals surface area (Å²) in [6.45, 7) is 0.814. The van der Waals surface area contributed by atoms with Gasteiger partial charge in [0.05, 0.1) is 11.6 Å². The summed E-state index contributed by atoms with van der Waals surface area (Å²) >= 11 is 0. The highest BCUT2D eigenvalue weighted by atomic mass is 16.5. The van der Waals surface area contributed by atoms with Crippen LogP contribution in [0.2, 0.25) is 0 Å². The summed E-state index contributed by atoms with van der Waals surface area (Å²) in [5, 5.41) is 9.22. The van der Waals surface area contributed by atoms with E-state index in [-0.39, 0.29) is 25.5 Å². The highest BCUT2D eigenvalue weighted by molar-refractivity contribution is 5.94. The van der Waals surface area contributed by atoms with E-state index >= 15 is 0 Å². The van der Waals surface area contributed by atoms with Crippen LogP contribution in [-0.4, -0.2) is 23.3 Å². The van der Waals surface area contributed by atoms with Crippen LogP contribution < -0.4 is 10.5 Å². The quantitative estimate of drug-likeness (QED) is 0.579. The molecule has 0 aromatic heterocycles. The number of hydrogen-bond donors (Lipinski definition) is 1. The maximum absolute atomic E-state index is 13.2. The highest BCUT2D eigenvalue weighted by Gasteiger charge is 2.17. The van der Waals surface area contributed by atoms with Crippen molar-refractivity contribution in [3.63, 3.8) is 0 Å². The average Bonchev–Trinajstić information content (AvgIpc) is 2.81. The van der Waals surface area contributed by atoms with E-state index in [1.807, 2.05) is 42.5 Å². The summed E-state index contributed by atoms with van der Waals surface area (Å²) in [6.07, 6.45) is 0.0830. The number of carbonyl (C=O) groups is 2. The molecule has 6 heteroatoms. The zero-order valence-electron chi connectivity index (χ0n) is 17.0. The first-order chi connectivity index (χ1) is 15.1. The van der Waals surface area contributed by atoms with Gasteiger partial charge in [-0.15, -0.1) is 0 Å². The van der Waals surface area contributed by atoms with Crippen molar-refractivity contribution >= 4 is 11.8 Å². The smallest absolute Gasteiger partial charge is 0.254 e. The normalized spacial score (nSPS) is 10.2. The lowest BCUT2D eigenvalue weighted by atomic mass is 10.1. The Hall–Kier alpha value is -4.11. The first-order valence-electron chi connectivity index (χ1n) is 9.89. The summed E-state index contributed by atoms with van der Waals surface area (Å²) in [7, 11) is 0. The van der Waals surface area contributed by atoms with Crippen molar-refractivity contribution in [2.24, 2.45) is 5.73 Å². The van der Waals surface area contributed by atoms with Gasteiger partial charge in [-0.25, -0.2) is 0 Å². The molecule has 0 atom stereocenters. The molecule has 3 aromatic rings. The van der Waals surface area contributed by atoms with Gasteiger partial charge in [0, 0.05) is 30.6 Å². The third-order valence-corrected chi connectivity index (χ3v) is 4.74. The molecule has 3 aromatic carbocycles. The average molecular weight is 413 g/mol. The fourth-order valence-corrected chi connectivity index (χ4v) is 3.12. The molecule has 0 aliphatic heterocycles. The van der Waals surface area contributed by atoms with Crippen molar-refractivity contribution in [3.05, 3.63) is 101 Å². The molecule has 0 saturated heterocycles. The van der Waals surface area contributed by atoms with Crippen LogP contribution in [0.5, 0.6) is 5.75 Å². The van der Waals surface area contributed by atoms with Gasteiger partial charge in [0.1, 0.15) is 12.4 Å². The molecular weight excluding hydrogens is 390 g/mol. The van der Waals surface area contributed by atoms with E-state index < -0.39 is 5.91 Å². The Bertz CT molecular complexity index is 1090. The van der Waals surface area contributed by atoms with Gasteiger partial charge in [-0.1, -0.05) is 54.6 Å². The van der Waals surface area contributed by atoms with E-state index in [4.69, 9.17) is 10.5 Å². The maximum Gasteiger partial charge on any atom is 0.254 e. The summed E-state index contributed by atoms with van der Waals surface area (Å²) in [5.41, 5.74) is 8.03. The van der Waals surface area contributed by atoms with Gasteiger partial charge in [-0.2, -0.15) is 5.26 Å². The molecule has 0 fully saturated rings. The van der Waals surface area contributed by atoms with Crippen molar-refractivity contribution < 1.29 is 14.3 Å². The van der Waals surface area contributed by atoms with Crippen molar-refractivity contribution in [2.45, 2.75) is 19.6 Å². The summed E-state index contributed by atoms with van der Waals surface area (Å²) in [4.78, 5) is 26.0. The van der Waals surface area contributed by atoms with Gasteiger partial charge >= 0.3 is 0 Å². The van der Waals surface area contributed by atoms with Gasteiger partial charge in [-0.3, -0.25) is 9.59 Å². The van der Waals surface area contributed by atoms with E-state index in [2.05, 4.69) is 6.07 Å². The maximum atomic E-state index is 13.2. The molecule has 0 heterocycles. The number of hydrogen-bond acceptors (Lipinski definition) is 4. The van der Waals surface area contributed by atoms with Crippen molar-refractivity contribution in [1.29, 1.82) is 5.26 Å². The summed E-state index contributed by atoms with van der Waals surface area (Å²) in [5.74, 6) is -0.153. The minimum Gasteiger partial charge on any atom is -0.489 e. The van der Waals surface area contributed by atoms with E-state index in [0.717, 1.165) is 11.1 Å². The topological polar surface area (TPSA) is 96.4 Å². The monoisotopic (exact) mass is 413 g/mol. The van der Waals surface area contributed by atoms with Crippen LogP contribution in [0.1, 0.15) is 33.5 Å². The molecule has 2 amide bonds. The molecule has 3 rings (SSSR count). The number of amides is 2. The molecule has 0 bridgehead atoms. The van der Waals surface area contributed by atoms with Crippen molar-refractivity contribution in [2.75, 3.05) is 6.54 Å². The number of ether oxygens (including phenoxy) is 1. The Labute approximate surface area is 181 Å². The SMILES string of the molecule is N#Cc1ccccc1COc1cccc(C(=O)N(CCC(N)=O)Cc2ccccc2)c1. The van der Waals surface area contributed by atoms with Crippen LogP contribution in [0.25, 0.3) is 0 Å². The molecule has 156 valence electrons. The third kappa shape index (κ3) is 6.18. The van der Waals surface area contributed by atoms with Gasteiger partial charge in [0.15, 0.2) is 0 Å². The lowest BCUT2D eigenvalue weighted by Gasteiger charge is -2.23. The van der Waals surface area contributed by atoms with Crippen LogP contribution in [0.4, 0.5) is 0 Å². The number of nitrogens with two attached hydrogens (primary N) is 1. The second-order valence-electron chi connectivity index (χ2n) is 7.01. The van der Waals surface area contributed by atoms with Gasteiger partial charge < -0.3 is 15.4 Å². The predicted molar refractivity (Wildman–Crippen MR) is 117 cm³/mol. The zero-order valence-corrected chi connectivity index (χ0v) is 17.0. The Balaban J connectivity index is 1.75. The Morgan fingerprint density at radius 3 is 2.45 bits per heavy atom. The number of nitrogens with zero attached hydrogens (tertiary/aromatic N) is 2. The summed E-state index contributed by atoms with van der Waals surface area (Å²) in [6, 6.07) is 25.8. The van der Waals surface area contributed by atoms with Crippen molar-refractivity contribution in [3.8, 4) is 11.8 Å². The molecule has 0 unspecified atom stereocenters. The standard InChI is InChI=1S/C25H23N3O3/c26-16-21-9-4-5-10-22(21)18-31-23-12-6-11-20(15-23)25(30)28(14-13-24(27)29)17-19-7-2-1-3-8-19/h1-12,15H,13-14,17-18H2,(H2,27,29). The fourth-order valence-electron chi connectivity index (χ4n) is 3.12. The third-order valence-electron chi connectivity index (χ3n) is 4.74. The second kappa shape index (κ2) is 10.6. The molecule has 0 saturated carbocycles. The van der Waals surface area contributed by atoms with Crippen LogP contribution in [0.15, 0.2) is 78.9 Å². The highest BCUT2D eigenvalue weighted by Crippen LogP contribution is 2.19. The Morgan fingerprint density at radius 2 is 1.71 bits per heavy atom. The lowest BCUT2D eigenvalue weighted by Crippen LogP contribution is -2.33. The number of rotatable bonds is 9. The molecule has 0 aliphatic carbocycles. The zero-order chi connectivity index (χ0) is 22.1. The van der Waals surface area contributed by atoms with Crippen LogP contribution in [-0.2, 0) is 17.9 Å². The second-order valence-corrected chi connectivity index (χ2v) is 7.01. The molecule has 0 aliphatic rings. The molecule has 0 radical (unpaired) electrons. The van der Waals surface area contributed by atoms with E-state index in [1.54, 1.807) is 41.3 Å². The minimum absolute atomic E-state index is 0.0830. The number of nitriles is 1. The van der Waals surface area contributed by atoms with Crippen molar-refractivity contribution in [1.82, 2.24) is 4.90 Å². The van der Waals surface area contributed by atoms with Crippen LogP contribution in [0.3, 0.4) is 0 Å². The molecular formula is C25H23N3O3. The Morgan fingerprint density at radius 1 is 0.968 bits per heavy atom. The predicted octanol–water partition coefficient (Wildman–Crippen LogP) is 3.66. The van der Waals surface area contributed by atoms with Gasteiger partial charge in [0.2, 0.25) is 5.91 Å². The lowest BCUT2D eigenvalue weighted by molar-refractivity contribution is -0.118. The summed E-state index contributed by atoms with van der Waals surface area (Å²) < 4.78 is 5.83. The minimum atomic E-state index is -0.459. The molecule has 6 nitrogen and oxygen atoms in total. The fraction of sp³-hybridized carbons (Fsp3) is 0.160. The number of benzene rings is 3. The van der Waals surface area contributed by atoms with E-state index in [9.17, 15) is 14.9 Å². The first kappa shape index (κ1) is 21.6. The number of carbonyl (C=O) groups excluding carboxylic acids is 2. The molecule has 0 spiro atoms. The van der Waals surface area contributed by atoms with Gasteiger partial charge in [0.25, 0.3) is 5.91 Å². The first-order valence-corrected chi connectivity index (χ1v) is 9.89. The van der Waals surface area contributed by atoms with Crippen LogP contribution >= 0.6 is 0 Å². The largest absolute Gasteiger partial charge is 0.489 e.